The summed E-state index contributed by atoms with van der Waals surface area (Å²) in [6.07, 6.45) is 2.98. The highest BCUT2D eigenvalue weighted by Gasteiger charge is 2.16. The average Bonchev–Trinajstić information content (AvgIpc) is 2.81. The van der Waals surface area contributed by atoms with Crippen LogP contribution in [0.3, 0.4) is 0 Å². The second kappa shape index (κ2) is 4.49. The zero-order chi connectivity index (χ0) is 11.5. The van der Waals surface area contributed by atoms with Gasteiger partial charge in [-0.2, -0.15) is 0 Å². The zero-order valence-corrected chi connectivity index (χ0v) is 10.0. The first-order valence-electron chi connectivity index (χ1n) is 4.50. The summed E-state index contributed by atoms with van der Waals surface area (Å²) in [5.74, 6) is -0.0256. The van der Waals surface area contributed by atoms with Crippen LogP contribution in [-0.4, -0.2) is 18.1 Å². The second-order valence-corrected chi connectivity index (χ2v) is 3.93. The van der Waals surface area contributed by atoms with Gasteiger partial charge in [-0.05, 0) is 18.2 Å². The molecule has 0 unspecified atom stereocenters. The number of nitrogens with zero attached hydrogens (tertiary/aromatic N) is 1. The van der Waals surface area contributed by atoms with Gasteiger partial charge in [0.25, 0.3) is 0 Å². The Balaban J connectivity index is 2.57. The quantitative estimate of drug-likeness (QED) is 0.795. The third-order valence-corrected chi connectivity index (χ3v) is 2.54. The Morgan fingerprint density at radius 2 is 2.31 bits per heavy atom. The molecule has 0 aliphatic rings. The number of esters is 1. The summed E-state index contributed by atoms with van der Waals surface area (Å²) in [6, 6.07) is 5.24. The van der Waals surface area contributed by atoms with Crippen molar-refractivity contribution in [3.05, 3.63) is 40.7 Å². The lowest BCUT2D eigenvalue weighted by Gasteiger charge is -2.05. The predicted molar refractivity (Wildman–Crippen MR) is 61.0 cm³/mol. The van der Waals surface area contributed by atoms with Crippen molar-refractivity contribution in [2.24, 2.45) is 0 Å². The number of carbonyl (C=O) groups excluding carboxylic acids is 1. The van der Waals surface area contributed by atoms with Gasteiger partial charge in [0.1, 0.15) is 6.26 Å². The van der Waals surface area contributed by atoms with Crippen LogP contribution < -0.4 is 0 Å². The van der Waals surface area contributed by atoms with Crippen LogP contribution >= 0.6 is 15.9 Å². The van der Waals surface area contributed by atoms with Crippen LogP contribution in [-0.2, 0) is 4.74 Å². The van der Waals surface area contributed by atoms with E-state index in [4.69, 9.17) is 9.15 Å². The molecule has 0 aliphatic heterocycles. The number of hydrogen-bond acceptors (Lipinski definition) is 4. The molecule has 0 saturated carbocycles. The Bertz CT molecular complexity index is 508. The number of methoxy groups -OCH3 is 1. The fraction of sp³-hybridized carbons (Fsp3) is 0.0909. The van der Waals surface area contributed by atoms with Crippen LogP contribution in [0.15, 0.2) is 39.5 Å². The van der Waals surface area contributed by atoms with Gasteiger partial charge in [0.05, 0.1) is 24.4 Å². The first-order chi connectivity index (χ1) is 7.72. The SMILES string of the molecule is COC(=O)c1cc(Br)ccc1-c1ncco1. The van der Waals surface area contributed by atoms with E-state index < -0.39 is 5.97 Å². The highest BCUT2D eigenvalue weighted by atomic mass is 79.9. The van der Waals surface area contributed by atoms with Crippen LogP contribution in [0.2, 0.25) is 0 Å². The summed E-state index contributed by atoms with van der Waals surface area (Å²) < 4.78 is 10.7. The monoisotopic (exact) mass is 281 g/mol. The molecule has 0 fully saturated rings. The van der Waals surface area contributed by atoms with Gasteiger partial charge in [-0.3, -0.25) is 0 Å². The zero-order valence-electron chi connectivity index (χ0n) is 8.44. The van der Waals surface area contributed by atoms with Crippen LogP contribution in [0.4, 0.5) is 0 Å². The van der Waals surface area contributed by atoms with Gasteiger partial charge >= 0.3 is 5.97 Å². The second-order valence-electron chi connectivity index (χ2n) is 3.02. The van der Waals surface area contributed by atoms with Gasteiger partial charge in [-0.25, -0.2) is 9.78 Å². The van der Waals surface area contributed by atoms with E-state index >= 15 is 0 Å². The van der Waals surface area contributed by atoms with Crippen molar-refractivity contribution in [2.45, 2.75) is 0 Å². The maximum absolute atomic E-state index is 11.6. The normalized spacial score (nSPS) is 10.1. The summed E-state index contributed by atoms with van der Waals surface area (Å²) in [4.78, 5) is 15.6. The third-order valence-electron chi connectivity index (χ3n) is 2.05. The lowest BCUT2D eigenvalue weighted by molar-refractivity contribution is 0.0601. The van der Waals surface area contributed by atoms with E-state index in [1.54, 1.807) is 12.1 Å². The summed E-state index contributed by atoms with van der Waals surface area (Å²) >= 11 is 3.30. The van der Waals surface area contributed by atoms with Gasteiger partial charge < -0.3 is 9.15 Å². The summed E-state index contributed by atoms with van der Waals surface area (Å²) in [6.45, 7) is 0. The molecule has 2 aromatic rings. The largest absolute Gasteiger partial charge is 0.465 e. The smallest absolute Gasteiger partial charge is 0.338 e. The average molecular weight is 282 g/mol. The molecule has 0 aliphatic carbocycles. The molecule has 16 heavy (non-hydrogen) atoms. The summed E-state index contributed by atoms with van der Waals surface area (Å²) in [5.41, 5.74) is 1.03. The first kappa shape index (κ1) is 10.9. The molecule has 1 heterocycles. The van der Waals surface area contributed by atoms with E-state index in [-0.39, 0.29) is 0 Å². The Hall–Kier alpha value is -1.62. The standard InChI is InChI=1S/C11H8BrNO3/c1-15-11(14)9-6-7(12)2-3-8(9)10-13-4-5-16-10/h2-6H,1H3. The van der Waals surface area contributed by atoms with Crippen molar-refractivity contribution in [1.82, 2.24) is 4.98 Å². The maximum atomic E-state index is 11.6. The van der Waals surface area contributed by atoms with E-state index in [0.29, 0.717) is 17.0 Å². The molecule has 5 heteroatoms. The predicted octanol–water partition coefficient (Wildman–Crippen LogP) is 2.89. The molecular formula is C11H8BrNO3. The Labute approximate surface area is 100 Å². The van der Waals surface area contributed by atoms with Crippen molar-refractivity contribution in [1.29, 1.82) is 0 Å². The van der Waals surface area contributed by atoms with Crippen molar-refractivity contribution >= 4 is 21.9 Å². The molecular weight excluding hydrogens is 274 g/mol. The minimum absolute atomic E-state index is 0.396. The number of rotatable bonds is 2. The molecule has 0 saturated heterocycles. The van der Waals surface area contributed by atoms with Crippen molar-refractivity contribution in [3.8, 4) is 11.5 Å². The maximum Gasteiger partial charge on any atom is 0.338 e. The summed E-state index contributed by atoms with van der Waals surface area (Å²) in [7, 11) is 1.34. The molecule has 0 spiro atoms. The molecule has 82 valence electrons. The lowest BCUT2D eigenvalue weighted by atomic mass is 10.1. The first-order valence-corrected chi connectivity index (χ1v) is 5.29. The van der Waals surface area contributed by atoms with Crippen LogP contribution in [0.5, 0.6) is 0 Å². The minimum Gasteiger partial charge on any atom is -0.465 e. The summed E-state index contributed by atoms with van der Waals surface area (Å²) in [5, 5.41) is 0. The molecule has 0 atom stereocenters. The van der Waals surface area contributed by atoms with Gasteiger partial charge in [0.2, 0.25) is 5.89 Å². The van der Waals surface area contributed by atoms with E-state index in [9.17, 15) is 4.79 Å². The molecule has 1 aromatic heterocycles. The molecule has 1 aromatic carbocycles. The molecule has 0 N–H and O–H groups in total. The van der Waals surface area contributed by atoms with Crippen LogP contribution in [0.25, 0.3) is 11.5 Å². The number of benzene rings is 1. The van der Waals surface area contributed by atoms with Crippen LogP contribution in [0.1, 0.15) is 10.4 Å². The highest BCUT2D eigenvalue weighted by Crippen LogP contribution is 2.25. The fourth-order valence-corrected chi connectivity index (χ4v) is 1.70. The number of ether oxygens (including phenoxy) is 1. The molecule has 2 rings (SSSR count). The fourth-order valence-electron chi connectivity index (χ4n) is 1.34. The van der Waals surface area contributed by atoms with Gasteiger partial charge in [0, 0.05) is 4.47 Å². The number of hydrogen-bond donors (Lipinski definition) is 0. The highest BCUT2D eigenvalue weighted by molar-refractivity contribution is 9.10. The Morgan fingerprint density at radius 1 is 1.50 bits per heavy atom. The van der Waals surface area contributed by atoms with Gasteiger partial charge in [-0.1, -0.05) is 15.9 Å². The minimum atomic E-state index is -0.422. The molecule has 0 bridgehead atoms. The van der Waals surface area contributed by atoms with Gasteiger partial charge in [0.15, 0.2) is 0 Å². The molecule has 0 amide bonds. The Kier molecular flexibility index (Phi) is 3.05. The van der Waals surface area contributed by atoms with E-state index in [0.717, 1.165) is 4.47 Å². The van der Waals surface area contributed by atoms with Crippen molar-refractivity contribution in [3.63, 3.8) is 0 Å². The van der Waals surface area contributed by atoms with Gasteiger partial charge in [-0.15, -0.1) is 0 Å². The topological polar surface area (TPSA) is 52.3 Å². The van der Waals surface area contributed by atoms with E-state index in [1.807, 2.05) is 6.07 Å². The van der Waals surface area contributed by atoms with E-state index in [1.165, 1.54) is 19.6 Å². The molecule has 0 radical (unpaired) electrons. The lowest BCUT2D eigenvalue weighted by Crippen LogP contribution is -2.03. The van der Waals surface area contributed by atoms with Crippen molar-refractivity contribution < 1.29 is 13.9 Å². The van der Waals surface area contributed by atoms with Crippen molar-refractivity contribution in [2.75, 3.05) is 7.11 Å². The Morgan fingerprint density at radius 3 is 2.94 bits per heavy atom. The number of aromatic nitrogens is 1. The third kappa shape index (κ3) is 1.99. The number of halogens is 1. The number of oxazole rings is 1. The van der Waals surface area contributed by atoms with E-state index in [2.05, 4.69) is 20.9 Å². The molecule has 4 nitrogen and oxygen atoms in total. The van der Waals surface area contributed by atoms with Crippen LogP contribution in [0, 0.1) is 0 Å². The number of carbonyl (C=O) groups is 1.